The Kier molecular flexibility index (Phi) is 3.21. The molecule has 1 atom stereocenters. The van der Waals surface area contributed by atoms with E-state index in [1.54, 1.807) is 11.1 Å². The summed E-state index contributed by atoms with van der Waals surface area (Å²) in [5.41, 5.74) is 2.12. The third-order valence-corrected chi connectivity index (χ3v) is 3.97. The van der Waals surface area contributed by atoms with Crippen LogP contribution in [0.1, 0.15) is 17.5 Å². The predicted molar refractivity (Wildman–Crippen MR) is 70.7 cm³/mol. The number of pyridine rings is 1. The maximum Gasteiger partial charge on any atom is 0.229 e. The van der Waals surface area contributed by atoms with Gasteiger partial charge in [0.15, 0.2) is 0 Å². The fourth-order valence-corrected chi connectivity index (χ4v) is 2.35. The van der Waals surface area contributed by atoms with Crippen molar-refractivity contribution in [2.45, 2.75) is 20.3 Å². The number of aromatic nitrogens is 1. The van der Waals surface area contributed by atoms with E-state index in [9.17, 15) is 4.79 Å². The Bertz CT molecular complexity index is 519. The number of hydrogen-bond donors (Lipinski definition) is 0. The maximum atomic E-state index is 11.9. The Morgan fingerprint density at radius 2 is 2.24 bits per heavy atom. The molecule has 1 aliphatic rings. The van der Waals surface area contributed by atoms with Crippen LogP contribution >= 0.6 is 15.9 Å². The Morgan fingerprint density at radius 3 is 2.82 bits per heavy atom. The number of halogens is 1. The van der Waals surface area contributed by atoms with Gasteiger partial charge in [0.05, 0.1) is 0 Å². The summed E-state index contributed by atoms with van der Waals surface area (Å²) in [4.78, 5) is 17.9. The Morgan fingerprint density at radius 1 is 1.53 bits per heavy atom. The maximum absolute atomic E-state index is 11.9. The summed E-state index contributed by atoms with van der Waals surface area (Å²) in [6, 6.07) is 0. The molecule has 0 aromatic carbocycles. The van der Waals surface area contributed by atoms with E-state index >= 15 is 0 Å². The number of nitrogens with zero attached hydrogens (tertiary/aromatic N) is 2. The lowest BCUT2D eigenvalue weighted by molar-refractivity contribution is -0.117. The van der Waals surface area contributed by atoms with Crippen molar-refractivity contribution >= 4 is 27.7 Å². The molecule has 1 fully saturated rings. The van der Waals surface area contributed by atoms with Gasteiger partial charge in [0.25, 0.3) is 0 Å². The fraction of sp³-hybridized carbons (Fsp3) is 0.385. The van der Waals surface area contributed by atoms with Gasteiger partial charge in [0.1, 0.15) is 5.82 Å². The summed E-state index contributed by atoms with van der Waals surface area (Å²) >= 11 is 3.43. The van der Waals surface area contributed by atoms with Crippen LogP contribution in [0, 0.1) is 32.1 Å². The molecule has 4 heteroatoms. The van der Waals surface area contributed by atoms with E-state index in [-0.39, 0.29) is 11.8 Å². The molecule has 0 bridgehead atoms. The fourth-order valence-electron chi connectivity index (χ4n) is 1.95. The third kappa shape index (κ3) is 2.07. The zero-order valence-electron chi connectivity index (χ0n) is 9.83. The number of amides is 1. The first-order valence-corrected chi connectivity index (χ1v) is 6.22. The first kappa shape index (κ1) is 12.1. The molecule has 1 unspecified atom stereocenters. The van der Waals surface area contributed by atoms with Crippen LogP contribution in [0.25, 0.3) is 0 Å². The summed E-state index contributed by atoms with van der Waals surface area (Å²) in [5.74, 6) is 3.44. The summed E-state index contributed by atoms with van der Waals surface area (Å²) in [6.45, 7) is 4.55. The van der Waals surface area contributed by atoms with Crippen molar-refractivity contribution < 1.29 is 4.79 Å². The first-order chi connectivity index (χ1) is 8.04. The minimum atomic E-state index is 0.00709. The highest BCUT2D eigenvalue weighted by molar-refractivity contribution is 9.10. The average Bonchev–Trinajstić information content (AvgIpc) is 2.68. The molecule has 1 aromatic heterocycles. The number of terminal acetylenes is 1. The van der Waals surface area contributed by atoms with Gasteiger partial charge in [-0.2, -0.15) is 0 Å². The van der Waals surface area contributed by atoms with Crippen LogP contribution in [0.15, 0.2) is 10.7 Å². The first-order valence-electron chi connectivity index (χ1n) is 5.42. The molecule has 0 aliphatic carbocycles. The molecule has 1 saturated heterocycles. The van der Waals surface area contributed by atoms with Crippen molar-refractivity contribution in [3.63, 3.8) is 0 Å². The highest BCUT2D eigenvalue weighted by Crippen LogP contribution is 2.30. The molecule has 0 radical (unpaired) electrons. The molecule has 3 nitrogen and oxygen atoms in total. The lowest BCUT2D eigenvalue weighted by atomic mass is 10.1. The van der Waals surface area contributed by atoms with Crippen LogP contribution in [0.2, 0.25) is 0 Å². The lowest BCUT2D eigenvalue weighted by Gasteiger charge is -2.18. The van der Waals surface area contributed by atoms with E-state index in [1.165, 1.54) is 0 Å². The van der Waals surface area contributed by atoms with Gasteiger partial charge in [0.2, 0.25) is 5.91 Å². The molecule has 17 heavy (non-hydrogen) atoms. The van der Waals surface area contributed by atoms with E-state index in [0.29, 0.717) is 13.0 Å². The van der Waals surface area contributed by atoms with E-state index in [2.05, 4.69) is 26.8 Å². The van der Waals surface area contributed by atoms with Crippen LogP contribution in [0.3, 0.4) is 0 Å². The molecule has 1 aromatic rings. The molecule has 0 N–H and O–H groups in total. The zero-order valence-corrected chi connectivity index (χ0v) is 11.4. The van der Waals surface area contributed by atoms with E-state index in [0.717, 1.165) is 21.4 Å². The molecule has 2 heterocycles. The second kappa shape index (κ2) is 4.50. The van der Waals surface area contributed by atoms with Gasteiger partial charge in [-0.3, -0.25) is 9.69 Å². The standard InChI is InChI=1S/C13H13BrN2O/c1-4-10-5-12(17)16(7-10)13-9(3)8(2)11(14)6-15-13/h1,6,10H,5,7H2,2-3H3. The quantitative estimate of drug-likeness (QED) is 0.745. The number of carbonyl (C=O) groups is 1. The largest absolute Gasteiger partial charge is 0.295 e. The smallest absolute Gasteiger partial charge is 0.229 e. The van der Waals surface area contributed by atoms with Crippen molar-refractivity contribution in [2.75, 3.05) is 11.4 Å². The molecule has 0 spiro atoms. The number of carbonyl (C=O) groups excluding carboxylic acids is 1. The van der Waals surface area contributed by atoms with Gasteiger partial charge in [0, 0.05) is 29.6 Å². The molecule has 2 rings (SSSR count). The SMILES string of the molecule is C#CC1CC(=O)N(c2ncc(Br)c(C)c2C)C1. The van der Waals surface area contributed by atoms with Gasteiger partial charge < -0.3 is 0 Å². The van der Waals surface area contributed by atoms with Gasteiger partial charge in [-0.15, -0.1) is 12.3 Å². The van der Waals surface area contributed by atoms with Crippen molar-refractivity contribution in [3.05, 3.63) is 21.8 Å². The zero-order chi connectivity index (χ0) is 12.6. The summed E-state index contributed by atoms with van der Waals surface area (Å²) in [7, 11) is 0. The lowest BCUT2D eigenvalue weighted by Crippen LogP contribution is -2.26. The molecule has 1 aliphatic heterocycles. The van der Waals surface area contributed by atoms with Gasteiger partial charge in [-0.1, -0.05) is 0 Å². The van der Waals surface area contributed by atoms with Crippen molar-refractivity contribution in [3.8, 4) is 12.3 Å². The van der Waals surface area contributed by atoms with Crippen LogP contribution in [0.4, 0.5) is 5.82 Å². The Hall–Kier alpha value is -1.34. The monoisotopic (exact) mass is 292 g/mol. The third-order valence-electron chi connectivity index (χ3n) is 3.17. The van der Waals surface area contributed by atoms with Crippen LogP contribution in [-0.4, -0.2) is 17.4 Å². The number of rotatable bonds is 1. The Balaban J connectivity index is 2.40. The summed E-state index contributed by atoms with van der Waals surface area (Å²) in [5, 5.41) is 0. The summed E-state index contributed by atoms with van der Waals surface area (Å²) < 4.78 is 0.957. The van der Waals surface area contributed by atoms with Gasteiger partial charge in [-0.05, 0) is 40.9 Å². The Labute approximate surface area is 109 Å². The second-order valence-corrected chi connectivity index (χ2v) is 5.11. The molecular weight excluding hydrogens is 280 g/mol. The minimum Gasteiger partial charge on any atom is -0.295 e. The number of hydrogen-bond acceptors (Lipinski definition) is 2. The van der Waals surface area contributed by atoms with E-state index < -0.39 is 0 Å². The van der Waals surface area contributed by atoms with Crippen LogP contribution in [-0.2, 0) is 4.79 Å². The second-order valence-electron chi connectivity index (χ2n) is 4.25. The molecule has 0 saturated carbocycles. The highest BCUT2D eigenvalue weighted by Gasteiger charge is 2.31. The topological polar surface area (TPSA) is 33.2 Å². The predicted octanol–water partition coefficient (Wildman–Crippen LogP) is 2.45. The van der Waals surface area contributed by atoms with E-state index in [4.69, 9.17) is 6.42 Å². The van der Waals surface area contributed by atoms with Gasteiger partial charge in [-0.25, -0.2) is 4.98 Å². The molecule has 88 valence electrons. The minimum absolute atomic E-state index is 0.00709. The normalized spacial score (nSPS) is 19.5. The van der Waals surface area contributed by atoms with Crippen molar-refractivity contribution in [1.82, 2.24) is 4.98 Å². The average molecular weight is 293 g/mol. The molecular formula is C13H13BrN2O. The van der Waals surface area contributed by atoms with Crippen molar-refractivity contribution in [1.29, 1.82) is 0 Å². The van der Waals surface area contributed by atoms with Crippen LogP contribution < -0.4 is 4.90 Å². The van der Waals surface area contributed by atoms with E-state index in [1.807, 2.05) is 13.8 Å². The van der Waals surface area contributed by atoms with Gasteiger partial charge >= 0.3 is 0 Å². The highest BCUT2D eigenvalue weighted by atomic mass is 79.9. The molecule has 1 amide bonds. The number of anilines is 1. The van der Waals surface area contributed by atoms with Crippen LogP contribution in [0.5, 0.6) is 0 Å². The summed E-state index contributed by atoms with van der Waals surface area (Å²) in [6.07, 6.45) is 7.53. The van der Waals surface area contributed by atoms with Crippen molar-refractivity contribution in [2.24, 2.45) is 5.92 Å².